The summed E-state index contributed by atoms with van der Waals surface area (Å²) < 4.78 is 5.63. The van der Waals surface area contributed by atoms with E-state index in [9.17, 15) is 20.4 Å². The predicted octanol–water partition coefficient (Wildman–Crippen LogP) is 0.903. The molecule has 6 nitrogen and oxygen atoms in total. The maximum Gasteiger partial charge on any atom is 0.109 e. The summed E-state index contributed by atoms with van der Waals surface area (Å²) in [5, 5.41) is 38.7. The molecule has 0 aromatic carbocycles. The third-order valence-corrected chi connectivity index (χ3v) is 4.84. The molecule has 1 saturated heterocycles. The van der Waals surface area contributed by atoms with Crippen LogP contribution in [0, 0.1) is 0 Å². The summed E-state index contributed by atoms with van der Waals surface area (Å²) in [6.45, 7) is 4.61. The molecule has 4 N–H and O–H groups in total. The fourth-order valence-electron chi connectivity index (χ4n) is 3.24. The average Bonchev–Trinajstić information content (AvgIpc) is 2.58. The van der Waals surface area contributed by atoms with Gasteiger partial charge in [0.15, 0.2) is 0 Å². The molecule has 1 rings (SSSR count). The van der Waals surface area contributed by atoms with Crippen LogP contribution in [0.3, 0.4) is 0 Å². The zero-order valence-electron chi connectivity index (χ0n) is 15.1. The molecule has 1 fully saturated rings. The quantitative estimate of drug-likeness (QED) is 0.370. The van der Waals surface area contributed by atoms with Crippen molar-refractivity contribution in [2.75, 3.05) is 32.9 Å². The fraction of sp³-hybridized carbons (Fsp3) is 1.00. The highest BCUT2D eigenvalue weighted by atomic mass is 16.5. The van der Waals surface area contributed by atoms with Crippen molar-refractivity contribution in [2.45, 2.75) is 82.6 Å². The van der Waals surface area contributed by atoms with E-state index in [0.29, 0.717) is 6.54 Å². The summed E-state index contributed by atoms with van der Waals surface area (Å²) in [5.41, 5.74) is 0. The predicted molar refractivity (Wildman–Crippen MR) is 93.9 cm³/mol. The van der Waals surface area contributed by atoms with E-state index >= 15 is 0 Å². The lowest BCUT2D eigenvalue weighted by molar-refractivity contribution is -0.145. The minimum Gasteiger partial charge on any atom is -0.395 e. The molecule has 0 bridgehead atoms. The monoisotopic (exact) mass is 347 g/mol. The summed E-state index contributed by atoms with van der Waals surface area (Å²) in [4.78, 5) is 1.87. The molecule has 0 aliphatic carbocycles. The smallest absolute Gasteiger partial charge is 0.109 e. The molecule has 0 aromatic heterocycles. The van der Waals surface area contributed by atoms with E-state index < -0.39 is 24.4 Å². The minimum atomic E-state index is -1.18. The summed E-state index contributed by atoms with van der Waals surface area (Å²) in [6, 6.07) is -0.497. The Morgan fingerprint density at radius 2 is 1.50 bits per heavy atom. The van der Waals surface area contributed by atoms with E-state index in [0.717, 1.165) is 38.9 Å². The van der Waals surface area contributed by atoms with Crippen molar-refractivity contribution in [1.29, 1.82) is 0 Å². The van der Waals surface area contributed by atoms with E-state index in [1.165, 1.54) is 25.7 Å². The molecule has 0 saturated carbocycles. The third kappa shape index (κ3) is 7.76. The van der Waals surface area contributed by atoms with Crippen molar-refractivity contribution in [3.05, 3.63) is 0 Å². The van der Waals surface area contributed by atoms with Gasteiger partial charge in [-0.3, -0.25) is 4.90 Å². The standard InChI is InChI=1S/C18H37NO5/c1-2-3-4-5-8-11-24-12-9-6-7-10-19-13-16(21)18(23)17(22)15(19)14-20/h15-18,20-23H,2-14H2,1H3/t15-,16+,17-,18-/m1/s1. The molecule has 1 aliphatic heterocycles. The number of aliphatic hydroxyl groups is 4. The van der Waals surface area contributed by atoms with Crippen LogP contribution in [0.15, 0.2) is 0 Å². The van der Waals surface area contributed by atoms with Gasteiger partial charge in [0, 0.05) is 19.8 Å². The van der Waals surface area contributed by atoms with Crippen LogP contribution < -0.4 is 0 Å². The first kappa shape index (κ1) is 21.8. The molecular weight excluding hydrogens is 310 g/mol. The van der Waals surface area contributed by atoms with Crippen molar-refractivity contribution >= 4 is 0 Å². The Labute approximate surface area is 146 Å². The topological polar surface area (TPSA) is 93.4 Å². The van der Waals surface area contributed by atoms with E-state index in [1.54, 1.807) is 0 Å². The number of aliphatic hydroxyl groups excluding tert-OH is 4. The first-order chi connectivity index (χ1) is 11.6. The Morgan fingerprint density at radius 3 is 2.12 bits per heavy atom. The number of nitrogens with zero attached hydrogens (tertiary/aromatic N) is 1. The fourth-order valence-corrected chi connectivity index (χ4v) is 3.24. The SMILES string of the molecule is CCCCCCCOCCCCCN1C[C@H](O)[C@@H](O)[C@H](O)[C@H]1CO. The lowest BCUT2D eigenvalue weighted by Crippen LogP contribution is -2.62. The number of rotatable bonds is 13. The molecule has 1 aliphatic rings. The molecule has 0 spiro atoms. The number of likely N-dealkylation sites (tertiary alicyclic amines) is 1. The number of piperidine rings is 1. The van der Waals surface area contributed by atoms with Gasteiger partial charge in [0.25, 0.3) is 0 Å². The Hall–Kier alpha value is -0.240. The molecule has 0 amide bonds. The molecule has 6 heteroatoms. The summed E-state index contributed by atoms with van der Waals surface area (Å²) in [7, 11) is 0. The average molecular weight is 347 g/mol. The van der Waals surface area contributed by atoms with Crippen molar-refractivity contribution in [3.8, 4) is 0 Å². The highest BCUT2D eigenvalue weighted by molar-refractivity contribution is 4.93. The first-order valence-corrected chi connectivity index (χ1v) is 9.58. The maximum atomic E-state index is 9.92. The molecule has 4 atom stereocenters. The second-order valence-electron chi connectivity index (χ2n) is 6.88. The lowest BCUT2D eigenvalue weighted by Gasteiger charge is -2.43. The van der Waals surface area contributed by atoms with Gasteiger partial charge in [0.05, 0.1) is 18.8 Å². The van der Waals surface area contributed by atoms with E-state index in [4.69, 9.17) is 4.74 Å². The highest BCUT2D eigenvalue weighted by Gasteiger charge is 2.40. The van der Waals surface area contributed by atoms with Gasteiger partial charge in [-0.05, 0) is 32.2 Å². The molecular formula is C18H37NO5. The van der Waals surface area contributed by atoms with Gasteiger partial charge >= 0.3 is 0 Å². The summed E-state index contributed by atoms with van der Waals surface area (Å²) >= 11 is 0. The van der Waals surface area contributed by atoms with Crippen LogP contribution >= 0.6 is 0 Å². The summed E-state index contributed by atoms with van der Waals surface area (Å²) in [5.74, 6) is 0. The van der Waals surface area contributed by atoms with Gasteiger partial charge in [-0.1, -0.05) is 32.6 Å². The molecule has 0 unspecified atom stereocenters. The zero-order chi connectivity index (χ0) is 17.8. The molecule has 0 aromatic rings. The van der Waals surface area contributed by atoms with E-state index in [1.807, 2.05) is 4.90 Å². The second kappa shape index (κ2) is 13.0. The summed E-state index contributed by atoms with van der Waals surface area (Å²) in [6.07, 6.45) is 5.97. The molecule has 0 radical (unpaired) electrons. The van der Waals surface area contributed by atoms with Gasteiger partial charge in [-0.15, -0.1) is 0 Å². The number of β-amino-alcohol motifs (C(OH)–C–C–N with tert-alkyl or cyclic N) is 1. The highest BCUT2D eigenvalue weighted by Crippen LogP contribution is 2.19. The van der Waals surface area contributed by atoms with Crippen LogP contribution in [-0.2, 0) is 4.74 Å². The minimum absolute atomic E-state index is 0.216. The van der Waals surface area contributed by atoms with Crippen molar-refractivity contribution in [3.63, 3.8) is 0 Å². The molecule has 1 heterocycles. The van der Waals surface area contributed by atoms with Crippen LogP contribution in [0.5, 0.6) is 0 Å². The van der Waals surface area contributed by atoms with Crippen LogP contribution in [0.2, 0.25) is 0 Å². The Kier molecular flexibility index (Phi) is 11.8. The zero-order valence-corrected chi connectivity index (χ0v) is 15.1. The van der Waals surface area contributed by atoms with Crippen LogP contribution in [-0.4, -0.2) is 82.6 Å². The Bertz CT molecular complexity index is 305. The Balaban J connectivity index is 2.04. The van der Waals surface area contributed by atoms with Gasteiger partial charge in [-0.25, -0.2) is 0 Å². The number of hydrogen-bond acceptors (Lipinski definition) is 6. The maximum absolute atomic E-state index is 9.92. The third-order valence-electron chi connectivity index (χ3n) is 4.84. The molecule has 144 valence electrons. The van der Waals surface area contributed by atoms with E-state index in [2.05, 4.69) is 6.92 Å². The normalized spacial score (nSPS) is 28.4. The lowest BCUT2D eigenvalue weighted by atomic mass is 9.94. The largest absolute Gasteiger partial charge is 0.395 e. The first-order valence-electron chi connectivity index (χ1n) is 9.58. The van der Waals surface area contributed by atoms with Gasteiger partial charge in [0.2, 0.25) is 0 Å². The van der Waals surface area contributed by atoms with Crippen LogP contribution in [0.25, 0.3) is 0 Å². The van der Waals surface area contributed by atoms with Crippen LogP contribution in [0.4, 0.5) is 0 Å². The van der Waals surface area contributed by atoms with Gasteiger partial charge in [-0.2, -0.15) is 0 Å². The van der Waals surface area contributed by atoms with Gasteiger partial charge in [0.1, 0.15) is 12.2 Å². The van der Waals surface area contributed by atoms with Crippen molar-refractivity contribution < 1.29 is 25.2 Å². The van der Waals surface area contributed by atoms with Gasteiger partial charge < -0.3 is 25.2 Å². The molecule has 24 heavy (non-hydrogen) atoms. The van der Waals surface area contributed by atoms with Crippen molar-refractivity contribution in [2.24, 2.45) is 0 Å². The number of hydrogen-bond donors (Lipinski definition) is 4. The number of ether oxygens (including phenoxy) is 1. The second-order valence-corrected chi connectivity index (χ2v) is 6.88. The van der Waals surface area contributed by atoms with Crippen molar-refractivity contribution in [1.82, 2.24) is 4.90 Å². The van der Waals surface area contributed by atoms with E-state index in [-0.39, 0.29) is 13.2 Å². The van der Waals surface area contributed by atoms with Crippen LogP contribution in [0.1, 0.15) is 58.3 Å². The number of unbranched alkanes of at least 4 members (excludes halogenated alkanes) is 6. The Morgan fingerprint density at radius 1 is 0.875 bits per heavy atom.